The molecule has 16 heteroatoms. The molecule has 58 heavy (non-hydrogen) atoms. The normalized spacial score (nSPS) is 20.6. The Labute approximate surface area is 340 Å². The molecule has 8 rings (SSSR count). The number of anilines is 2. The zero-order valence-corrected chi connectivity index (χ0v) is 34.6. The molecule has 0 radical (unpaired) electrons. The van der Waals surface area contributed by atoms with Crippen molar-refractivity contribution in [3.05, 3.63) is 41.5 Å². The van der Waals surface area contributed by atoms with Crippen LogP contribution in [0.1, 0.15) is 72.8 Å². The third-order valence-electron chi connectivity index (χ3n) is 11.1. The predicted molar refractivity (Wildman–Crippen MR) is 216 cm³/mol. The Bertz CT molecular complexity index is 2290. The van der Waals surface area contributed by atoms with Crippen LogP contribution in [-0.2, 0) is 14.2 Å². The number of benzene rings is 2. The van der Waals surface area contributed by atoms with Gasteiger partial charge in [0.15, 0.2) is 5.82 Å². The van der Waals surface area contributed by atoms with Gasteiger partial charge in [-0.1, -0.05) is 12.1 Å². The van der Waals surface area contributed by atoms with E-state index in [1.54, 1.807) is 32.9 Å². The number of morpholine rings is 1. The largest absolute Gasteiger partial charge is 0.463 e. The van der Waals surface area contributed by atoms with Crippen molar-refractivity contribution in [2.45, 2.75) is 90.5 Å². The predicted octanol–water partition coefficient (Wildman–Crippen LogP) is 8.09. The highest BCUT2D eigenvalue weighted by molar-refractivity contribution is 7.23. The van der Waals surface area contributed by atoms with E-state index in [2.05, 4.69) is 26.2 Å². The second-order valence-corrected chi connectivity index (χ2v) is 18.9. The highest BCUT2D eigenvalue weighted by Crippen LogP contribution is 2.48. The van der Waals surface area contributed by atoms with Gasteiger partial charge in [0.1, 0.15) is 39.4 Å². The lowest BCUT2D eigenvalue weighted by molar-refractivity contribution is 0.0122. The van der Waals surface area contributed by atoms with Crippen molar-refractivity contribution in [3.8, 4) is 23.2 Å². The van der Waals surface area contributed by atoms with E-state index in [4.69, 9.17) is 23.9 Å². The fourth-order valence-corrected chi connectivity index (χ4v) is 9.36. The monoisotopic (exact) mass is 817 g/mol. The number of hydrogen-bond acceptors (Lipinski definition) is 12. The van der Waals surface area contributed by atoms with Crippen molar-refractivity contribution in [3.63, 3.8) is 0 Å². The molecule has 2 amide bonds. The second kappa shape index (κ2) is 15.1. The van der Waals surface area contributed by atoms with Crippen LogP contribution in [0.5, 0.6) is 6.01 Å². The SMILES string of the molecule is CC(C)(C)OC(=O)Nc1sc2c(F)ccc(-c3ccc4c(N5CC6CCC(C5)N6C(=O)OC(C)(C)C)nc(OCC5(CN6CCOCC6)CC5)nc4c3F)c2c1C#N. The average Bonchev–Trinajstić information content (AvgIpc) is 3.73. The van der Waals surface area contributed by atoms with Crippen LogP contribution < -0.4 is 15.0 Å². The van der Waals surface area contributed by atoms with Gasteiger partial charge in [-0.2, -0.15) is 15.2 Å². The standard InChI is InChI=1S/C42H49F2N7O6S/c1-40(2,3)56-38(52)48-36-29(19-45)31-26(11-12-30(43)34(31)58-36)27-9-10-28-33(32(27)44)46-37(55-23-42(13-14-42)22-49-15-17-54-18-16-49)47-35(28)50-20-24-7-8-25(21-50)51(24)39(53)57-41(4,5)6/h9-12,24-25H,7-8,13-18,20-23H2,1-6H3,(H,48,52). The Morgan fingerprint density at radius 3 is 2.29 bits per heavy atom. The number of rotatable bonds is 8. The van der Waals surface area contributed by atoms with Crippen molar-refractivity contribution >= 4 is 55.3 Å². The number of nitrogens with zero attached hydrogens (tertiary/aromatic N) is 6. The lowest BCUT2D eigenvalue weighted by Crippen LogP contribution is -2.57. The summed E-state index contributed by atoms with van der Waals surface area (Å²) in [6, 6.07) is 7.86. The van der Waals surface area contributed by atoms with Crippen molar-refractivity contribution in [1.82, 2.24) is 19.8 Å². The number of thiophene rings is 1. The number of carbonyl (C=O) groups is 2. The minimum atomic E-state index is -0.811. The Kier molecular flexibility index (Phi) is 10.4. The maximum atomic E-state index is 17.3. The number of piperazine rings is 1. The number of aromatic nitrogens is 2. The number of carbonyl (C=O) groups excluding carboxylic acids is 2. The van der Waals surface area contributed by atoms with Gasteiger partial charge < -0.3 is 23.8 Å². The maximum absolute atomic E-state index is 17.3. The Hall–Kier alpha value is -4.85. The minimum absolute atomic E-state index is 0.00996. The summed E-state index contributed by atoms with van der Waals surface area (Å²) < 4.78 is 55.9. The van der Waals surface area contributed by atoms with Gasteiger partial charge in [0.25, 0.3) is 0 Å². The molecule has 1 aliphatic carbocycles. The molecule has 4 aliphatic rings. The number of hydrogen-bond donors (Lipinski definition) is 1. The Balaban J connectivity index is 1.18. The van der Waals surface area contributed by atoms with Crippen LogP contribution in [0.2, 0.25) is 0 Å². The first-order valence-electron chi connectivity index (χ1n) is 19.9. The zero-order chi connectivity index (χ0) is 41.1. The van der Waals surface area contributed by atoms with Gasteiger partial charge >= 0.3 is 18.2 Å². The minimum Gasteiger partial charge on any atom is -0.463 e. The summed E-state index contributed by atoms with van der Waals surface area (Å²) in [6.45, 7) is 15.9. The molecule has 2 aromatic heterocycles. The molecule has 3 saturated heterocycles. The molecule has 0 spiro atoms. The molecule has 2 atom stereocenters. The van der Waals surface area contributed by atoms with Gasteiger partial charge in [-0.25, -0.2) is 18.4 Å². The van der Waals surface area contributed by atoms with Gasteiger partial charge in [-0.05, 0) is 84.9 Å². The van der Waals surface area contributed by atoms with Crippen molar-refractivity contribution in [1.29, 1.82) is 5.26 Å². The quantitative estimate of drug-likeness (QED) is 0.184. The van der Waals surface area contributed by atoms with E-state index >= 15 is 8.78 Å². The first-order valence-corrected chi connectivity index (χ1v) is 20.7. The summed E-state index contributed by atoms with van der Waals surface area (Å²) in [6.07, 6.45) is 2.43. The molecule has 3 aliphatic heterocycles. The smallest absolute Gasteiger partial charge is 0.412 e. The third kappa shape index (κ3) is 8.08. The fraction of sp³-hybridized carbons (Fsp3) is 0.548. The summed E-state index contributed by atoms with van der Waals surface area (Å²) in [7, 11) is 0. The van der Waals surface area contributed by atoms with Crippen LogP contribution in [-0.4, -0.2) is 108 Å². The summed E-state index contributed by atoms with van der Waals surface area (Å²) in [5, 5.41) is 13.6. The second-order valence-electron chi connectivity index (χ2n) is 17.9. The number of halogens is 2. The van der Waals surface area contributed by atoms with Crippen molar-refractivity contribution in [2.75, 3.05) is 62.8 Å². The van der Waals surface area contributed by atoms with Crippen LogP contribution in [0, 0.1) is 28.4 Å². The summed E-state index contributed by atoms with van der Waals surface area (Å²) in [5.74, 6) is -0.823. The van der Waals surface area contributed by atoms with E-state index < -0.39 is 28.9 Å². The number of ether oxygens (including phenoxy) is 4. The molecule has 2 aromatic carbocycles. The number of amides is 2. The van der Waals surface area contributed by atoms with Crippen molar-refractivity contribution in [2.24, 2.45) is 5.41 Å². The molecule has 1 N–H and O–H groups in total. The van der Waals surface area contributed by atoms with Gasteiger partial charge in [0.2, 0.25) is 0 Å². The fourth-order valence-electron chi connectivity index (χ4n) is 8.29. The Morgan fingerprint density at radius 1 is 0.983 bits per heavy atom. The van der Waals surface area contributed by atoms with Crippen LogP contribution in [0.4, 0.5) is 29.2 Å². The molecule has 308 valence electrons. The highest BCUT2D eigenvalue weighted by atomic mass is 32.1. The van der Waals surface area contributed by atoms with E-state index in [0.29, 0.717) is 44.1 Å². The van der Waals surface area contributed by atoms with E-state index in [0.717, 1.165) is 56.7 Å². The summed E-state index contributed by atoms with van der Waals surface area (Å²) in [5.41, 5.74) is -1.17. The molecular formula is C42H49F2N7O6S. The van der Waals surface area contributed by atoms with Crippen LogP contribution in [0.25, 0.3) is 32.1 Å². The first kappa shape index (κ1) is 40.0. The average molecular weight is 818 g/mol. The van der Waals surface area contributed by atoms with E-state index in [1.165, 1.54) is 12.1 Å². The molecular weight excluding hydrogens is 769 g/mol. The van der Waals surface area contributed by atoms with Crippen LogP contribution in [0.15, 0.2) is 24.3 Å². The van der Waals surface area contributed by atoms with Crippen LogP contribution >= 0.6 is 11.3 Å². The molecule has 5 heterocycles. The lowest BCUT2D eigenvalue weighted by atomic mass is 9.97. The van der Waals surface area contributed by atoms with Gasteiger partial charge in [-0.3, -0.25) is 15.1 Å². The van der Waals surface area contributed by atoms with E-state index in [1.807, 2.05) is 25.7 Å². The van der Waals surface area contributed by atoms with Crippen LogP contribution in [0.3, 0.4) is 0 Å². The third-order valence-corrected chi connectivity index (χ3v) is 12.2. The number of nitriles is 1. The zero-order valence-electron chi connectivity index (χ0n) is 33.7. The van der Waals surface area contributed by atoms with E-state index in [9.17, 15) is 14.9 Å². The molecule has 2 bridgehead atoms. The highest BCUT2D eigenvalue weighted by Gasteiger charge is 2.47. The maximum Gasteiger partial charge on any atom is 0.412 e. The van der Waals surface area contributed by atoms with Gasteiger partial charge in [-0.15, -0.1) is 11.3 Å². The topological polar surface area (TPSA) is 142 Å². The van der Waals surface area contributed by atoms with E-state index in [-0.39, 0.29) is 66.9 Å². The first-order chi connectivity index (χ1) is 27.5. The van der Waals surface area contributed by atoms with Crippen molar-refractivity contribution < 1.29 is 37.3 Å². The van der Waals surface area contributed by atoms with Gasteiger partial charge in [0, 0.05) is 54.5 Å². The molecule has 4 aromatic rings. The summed E-state index contributed by atoms with van der Waals surface area (Å²) in [4.78, 5) is 42.0. The summed E-state index contributed by atoms with van der Waals surface area (Å²) >= 11 is 0.878. The molecule has 4 fully saturated rings. The number of nitrogens with one attached hydrogen (secondary N) is 1. The molecule has 2 unspecified atom stereocenters. The molecule has 13 nitrogen and oxygen atoms in total. The Morgan fingerprint density at radius 2 is 1.66 bits per heavy atom. The lowest BCUT2D eigenvalue weighted by Gasteiger charge is -2.42. The number of fused-ring (bicyclic) bond motifs is 4. The van der Waals surface area contributed by atoms with Gasteiger partial charge in [0.05, 0.1) is 42.2 Å². The molecule has 1 saturated carbocycles.